The van der Waals surface area contributed by atoms with Crippen molar-refractivity contribution in [3.63, 3.8) is 0 Å². The standard InChI is InChI=1S/C19H20ClNO4/c1-13-5-3-4-6-15(13)11-21-18(22)12-24-19(23)14(2)25-17-9-7-16(20)8-10-17/h3-10,14H,11-12H2,1-2H3,(H,21,22)/t14-/m1/s1. The number of aryl methyl sites for hydroxylation is 1. The molecule has 0 aliphatic rings. The minimum absolute atomic E-state index is 0.348. The quantitative estimate of drug-likeness (QED) is 0.769. The van der Waals surface area contributed by atoms with Crippen LogP contribution >= 0.6 is 11.6 Å². The molecule has 2 aromatic rings. The van der Waals surface area contributed by atoms with E-state index in [4.69, 9.17) is 21.1 Å². The SMILES string of the molecule is Cc1ccccc1CNC(=O)COC(=O)[C@@H](C)Oc1ccc(Cl)cc1. The Morgan fingerprint density at radius 2 is 1.80 bits per heavy atom. The molecule has 0 saturated heterocycles. The summed E-state index contributed by atoms with van der Waals surface area (Å²) in [6.07, 6.45) is -0.828. The summed E-state index contributed by atoms with van der Waals surface area (Å²) in [5.41, 5.74) is 2.10. The Kier molecular flexibility index (Phi) is 6.83. The molecule has 0 radical (unpaired) electrons. The van der Waals surface area contributed by atoms with Crippen molar-refractivity contribution in [2.45, 2.75) is 26.5 Å². The Bertz CT molecular complexity index is 730. The number of amides is 1. The van der Waals surface area contributed by atoms with E-state index in [1.54, 1.807) is 31.2 Å². The summed E-state index contributed by atoms with van der Waals surface area (Å²) in [5, 5.41) is 3.30. The van der Waals surface area contributed by atoms with Crippen LogP contribution in [-0.2, 0) is 20.9 Å². The lowest BCUT2D eigenvalue weighted by molar-refractivity contribution is -0.154. The number of ether oxygens (including phenoxy) is 2. The summed E-state index contributed by atoms with van der Waals surface area (Å²) in [4.78, 5) is 23.7. The third-order valence-electron chi connectivity index (χ3n) is 3.54. The zero-order chi connectivity index (χ0) is 18.2. The molecule has 1 N–H and O–H groups in total. The van der Waals surface area contributed by atoms with Gasteiger partial charge in [-0.1, -0.05) is 35.9 Å². The lowest BCUT2D eigenvalue weighted by Gasteiger charge is -2.14. The normalized spacial score (nSPS) is 11.5. The Labute approximate surface area is 151 Å². The van der Waals surface area contributed by atoms with Gasteiger partial charge >= 0.3 is 5.97 Å². The molecule has 2 rings (SSSR count). The summed E-state index contributed by atoms with van der Waals surface area (Å²) in [5.74, 6) is -0.478. The maximum Gasteiger partial charge on any atom is 0.347 e. The molecule has 25 heavy (non-hydrogen) atoms. The minimum atomic E-state index is -0.828. The molecule has 1 amide bonds. The average molecular weight is 362 g/mol. The van der Waals surface area contributed by atoms with Gasteiger partial charge < -0.3 is 14.8 Å². The van der Waals surface area contributed by atoms with Gasteiger partial charge in [0.25, 0.3) is 5.91 Å². The van der Waals surface area contributed by atoms with Gasteiger partial charge in [0, 0.05) is 11.6 Å². The van der Waals surface area contributed by atoms with Gasteiger partial charge in [0.2, 0.25) is 0 Å². The summed E-state index contributed by atoms with van der Waals surface area (Å²) >= 11 is 5.79. The fourth-order valence-corrected chi connectivity index (χ4v) is 2.20. The van der Waals surface area contributed by atoms with E-state index in [1.807, 2.05) is 31.2 Å². The predicted molar refractivity (Wildman–Crippen MR) is 95.5 cm³/mol. The lowest BCUT2D eigenvalue weighted by Crippen LogP contribution is -2.32. The smallest absolute Gasteiger partial charge is 0.347 e. The summed E-state index contributed by atoms with van der Waals surface area (Å²) in [7, 11) is 0. The Morgan fingerprint density at radius 1 is 1.12 bits per heavy atom. The van der Waals surface area contributed by atoms with Gasteiger partial charge in [-0.05, 0) is 49.2 Å². The molecule has 0 saturated carbocycles. The first-order valence-electron chi connectivity index (χ1n) is 7.86. The van der Waals surface area contributed by atoms with E-state index in [1.165, 1.54) is 0 Å². The molecule has 0 aliphatic carbocycles. The van der Waals surface area contributed by atoms with E-state index < -0.39 is 12.1 Å². The van der Waals surface area contributed by atoms with Crippen molar-refractivity contribution in [1.29, 1.82) is 0 Å². The zero-order valence-electron chi connectivity index (χ0n) is 14.1. The van der Waals surface area contributed by atoms with Crippen molar-refractivity contribution >= 4 is 23.5 Å². The van der Waals surface area contributed by atoms with Gasteiger partial charge in [0.1, 0.15) is 5.75 Å². The van der Waals surface area contributed by atoms with Gasteiger partial charge in [-0.3, -0.25) is 4.79 Å². The lowest BCUT2D eigenvalue weighted by atomic mass is 10.1. The number of esters is 1. The minimum Gasteiger partial charge on any atom is -0.479 e. The number of carbonyl (C=O) groups is 2. The molecule has 0 heterocycles. The molecular formula is C19H20ClNO4. The number of hydrogen-bond acceptors (Lipinski definition) is 4. The van der Waals surface area contributed by atoms with Gasteiger partial charge in [0.05, 0.1) is 0 Å². The van der Waals surface area contributed by atoms with Gasteiger partial charge in [-0.25, -0.2) is 4.79 Å². The Hall–Kier alpha value is -2.53. The van der Waals surface area contributed by atoms with E-state index >= 15 is 0 Å². The number of rotatable bonds is 7. The fourth-order valence-electron chi connectivity index (χ4n) is 2.07. The number of halogens is 1. The van der Waals surface area contributed by atoms with E-state index in [0.717, 1.165) is 11.1 Å². The summed E-state index contributed by atoms with van der Waals surface area (Å²) < 4.78 is 10.4. The van der Waals surface area contributed by atoms with Crippen LogP contribution < -0.4 is 10.1 Å². The van der Waals surface area contributed by atoms with Gasteiger partial charge in [0.15, 0.2) is 12.7 Å². The molecule has 0 fully saturated rings. The van der Waals surface area contributed by atoms with Crippen LogP contribution in [0.5, 0.6) is 5.75 Å². The average Bonchev–Trinajstić information content (AvgIpc) is 2.60. The number of benzene rings is 2. The highest BCUT2D eigenvalue weighted by atomic mass is 35.5. The first-order chi connectivity index (χ1) is 12.0. The third-order valence-corrected chi connectivity index (χ3v) is 3.79. The van der Waals surface area contributed by atoms with Crippen molar-refractivity contribution in [3.8, 4) is 5.75 Å². The molecule has 0 unspecified atom stereocenters. The van der Waals surface area contributed by atoms with Crippen LogP contribution in [0.3, 0.4) is 0 Å². The molecule has 6 heteroatoms. The molecule has 132 valence electrons. The Morgan fingerprint density at radius 3 is 2.48 bits per heavy atom. The fraction of sp³-hybridized carbons (Fsp3) is 0.263. The van der Waals surface area contributed by atoms with Crippen LogP contribution in [0.1, 0.15) is 18.1 Å². The van der Waals surface area contributed by atoms with E-state index in [-0.39, 0.29) is 12.5 Å². The maximum absolute atomic E-state index is 11.9. The van der Waals surface area contributed by atoms with E-state index in [9.17, 15) is 9.59 Å². The van der Waals surface area contributed by atoms with Crippen LogP contribution in [0.15, 0.2) is 48.5 Å². The second-order valence-electron chi connectivity index (χ2n) is 5.52. The van der Waals surface area contributed by atoms with Gasteiger partial charge in [-0.2, -0.15) is 0 Å². The molecular weight excluding hydrogens is 342 g/mol. The zero-order valence-corrected chi connectivity index (χ0v) is 14.9. The molecule has 1 atom stereocenters. The van der Waals surface area contributed by atoms with Crippen LogP contribution in [0.4, 0.5) is 0 Å². The molecule has 0 aliphatic heterocycles. The van der Waals surface area contributed by atoms with Crippen molar-refractivity contribution in [2.24, 2.45) is 0 Å². The van der Waals surface area contributed by atoms with Crippen LogP contribution in [0.2, 0.25) is 5.02 Å². The highest BCUT2D eigenvalue weighted by Gasteiger charge is 2.17. The molecule has 0 spiro atoms. The molecule has 2 aromatic carbocycles. The summed E-state index contributed by atoms with van der Waals surface area (Å²) in [6.45, 7) is 3.57. The molecule has 0 aromatic heterocycles. The monoisotopic (exact) mass is 361 g/mol. The van der Waals surface area contributed by atoms with Crippen molar-refractivity contribution in [1.82, 2.24) is 5.32 Å². The second kappa shape index (κ2) is 9.08. The van der Waals surface area contributed by atoms with E-state index in [0.29, 0.717) is 17.3 Å². The summed E-state index contributed by atoms with van der Waals surface area (Å²) in [6, 6.07) is 14.4. The van der Waals surface area contributed by atoms with Crippen LogP contribution in [-0.4, -0.2) is 24.6 Å². The predicted octanol–water partition coefficient (Wildman–Crippen LogP) is 3.28. The Balaban J connectivity index is 1.74. The highest BCUT2D eigenvalue weighted by molar-refractivity contribution is 6.30. The number of hydrogen-bond donors (Lipinski definition) is 1. The van der Waals surface area contributed by atoms with Gasteiger partial charge in [-0.15, -0.1) is 0 Å². The van der Waals surface area contributed by atoms with Crippen molar-refractivity contribution in [2.75, 3.05) is 6.61 Å². The van der Waals surface area contributed by atoms with E-state index in [2.05, 4.69) is 5.32 Å². The molecule has 5 nitrogen and oxygen atoms in total. The van der Waals surface area contributed by atoms with Crippen LogP contribution in [0, 0.1) is 6.92 Å². The first kappa shape index (κ1) is 18.8. The largest absolute Gasteiger partial charge is 0.479 e. The van der Waals surface area contributed by atoms with Crippen molar-refractivity contribution in [3.05, 3.63) is 64.7 Å². The number of carbonyl (C=O) groups excluding carboxylic acids is 2. The molecule has 0 bridgehead atoms. The number of nitrogens with one attached hydrogen (secondary N) is 1. The highest BCUT2D eigenvalue weighted by Crippen LogP contribution is 2.17. The first-order valence-corrected chi connectivity index (χ1v) is 8.23. The third kappa shape index (κ3) is 6.12. The van der Waals surface area contributed by atoms with Crippen molar-refractivity contribution < 1.29 is 19.1 Å². The topological polar surface area (TPSA) is 64.6 Å². The second-order valence-corrected chi connectivity index (χ2v) is 5.96. The van der Waals surface area contributed by atoms with Crippen LogP contribution in [0.25, 0.3) is 0 Å². The maximum atomic E-state index is 11.9.